The number of fused-ring (bicyclic) bond motifs is 4. The van der Waals surface area contributed by atoms with Gasteiger partial charge in [0.05, 0.1) is 10.9 Å². The van der Waals surface area contributed by atoms with Gasteiger partial charge in [0.2, 0.25) is 0 Å². The van der Waals surface area contributed by atoms with Gasteiger partial charge in [-0.05, 0) is 114 Å². The molecule has 0 radical (unpaired) electrons. The van der Waals surface area contributed by atoms with Crippen LogP contribution in [-0.2, 0) is 5.41 Å². The van der Waals surface area contributed by atoms with Gasteiger partial charge in [0.1, 0.15) is 0 Å². The quantitative estimate of drug-likeness (QED) is 0.0829. The average Bonchev–Trinajstić information content (AvgIpc) is 3.65. The second kappa shape index (κ2) is 17.5. The minimum Gasteiger partial charge on any atom is -0.321 e. The second-order valence-electron chi connectivity index (χ2n) is 15.7. The van der Waals surface area contributed by atoms with E-state index in [9.17, 15) is 4.11 Å². The first-order valence-electron chi connectivity index (χ1n) is 23.0. The molecule has 9 rings (SSSR count). The van der Waals surface area contributed by atoms with Gasteiger partial charge in [0, 0.05) is 23.5 Å². The molecule has 2 aliphatic carbocycles. The summed E-state index contributed by atoms with van der Waals surface area (Å²) >= 11 is 0. The maximum Gasteiger partial charge on any atom is 0.0714 e. The van der Waals surface area contributed by atoms with Crippen LogP contribution in [0.1, 0.15) is 39.7 Å². The van der Waals surface area contributed by atoms with Crippen molar-refractivity contribution in [1.82, 2.24) is 4.90 Å². The Morgan fingerprint density at radius 3 is 2.15 bits per heavy atom. The lowest BCUT2D eigenvalue weighted by Crippen LogP contribution is -2.29. The Balaban J connectivity index is 1.20. The average molecular weight is 800 g/mol. The van der Waals surface area contributed by atoms with Crippen molar-refractivity contribution in [2.45, 2.75) is 11.8 Å². The summed E-state index contributed by atoms with van der Waals surface area (Å²) < 4.78 is 36.9. The fourth-order valence-corrected chi connectivity index (χ4v) is 9.24. The van der Waals surface area contributed by atoms with Gasteiger partial charge >= 0.3 is 0 Å². The number of nitrogens with zero attached hydrogens (tertiary/aromatic N) is 1. The lowest BCUT2D eigenvalue weighted by atomic mass is 9.67. The van der Waals surface area contributed by atoms with E-state index in [1.54, 1.807) is 11.0 Å². The van der Waals surface area contributed by atoms with E-state index in [0.29, 0.717) is 12.1 Å². The van der Waals surface area contributed by atoms with Gasteiger partial charge in [-0.25, -0.2) is 0 Å². The number of rotatable bonds is 13. The topological polar surface area (TPSA) is 3.24 Å². The second-order valence-corrected chi connectivity index (χ2v) is 15.7. The van der Waals surface area contributed by atoms with Crippen LogP contribution in [0.3, 0.4) is 0 Å². The normalized spacial score (nSPS) is 17.4. The van der Waals surface area contributed by atoms with Crippen LogP contribution in [0.25, 0.3) is 44.3 Å². The Kier molecular flexibility index (Phi) is 9.88. The number of hydrogen-bond acceptors (Lipinski definition) is 1. The highest BCUT2D eigenvalue weighted by Crippen LogP contribution is 2.55. The number of benzene rings is 7. The first-order valence-corrected chi connectivity index (χ1v) is 21.0. The molecule has 7 aromatic carbocycles. The number of allylic oxidation sites excluding steroid dienone is 13. The van der Waals surface area contributed by atoms with Crippen molar-refractivity contribution in [2.75, 3.05) is 0 Å². The van der Waals surface area contributed by atoms with E-state index in [4.69, 9.17) is 1.37 Å². The summed E-state index contributed by atoms with van der Waals surface area (Å²) in [6.45, 7) is 14.2. The summed E-state index contributed by atoms with van der Waals surface area (Å²) in [5, 5.41) is 4.62. The molecule has 0 N–H and O–H groups in total. The zero-order chi connectivity index (χ0) is 45.8. The lowest BCUT2D eigenvalue weighted by Gasteiger charge is -2.35. The third kappa shape index (κ3) is 7.29. The molecule has 7 aromatic rings. The fraction of sp³-hybridized carbons (Fsp3) is 0.0492. The van der Waals surface area contributed by atoms with E-state index in [1.165, 1.54) is 5.39 Å². The van der Waals surface area contributed by atoms with Gasteiger partial charge in [-0.1, -0.05) is 220 Å². The first-order chi connectivity index (χ1) is 32.2. The minimum absolute atomic E-state index is 0.0615. The molecule has 0 saturated carbocycles. The third-order valence-corrected chi connectivity index (χ3v) is 12.1. The van der Waals surface area contributed by atoms with Crippen molar-refractivity contribution in [3.8, 4) is 11.1 Å². The SMILES string of the molecule is [2H]C=C([2H])/C(=C([2H])\C([2H])=C\c1cccc(-c2cc3ccccc3c3ccccc23)c1)N(/C=C/C1=C(C=C)c2ccccc2C1(c1ccccc1)c1ccccc1)C(=C)CC1C=CC=CC1=C. The minimum atomic E-state index is -0.762. The predicted molar refractivity (Wildman–Crippen MR) is 266 cm³/mol. The molecule has 0 amide bonds. The molecule has 2 aliphatic rings. The molecule has 62 heavy (non-hydrogen) atoms. The Labute approximate surface area is 372 Å². The first kappa shape index (κ1) is 35.1. The standard InChI is InChI=1S/C61H49N/c1-5-52(33-22-25-46-24-21-28-48(42-46)58-43-49-27-15-16-34-54(49)55-35-17-18-36-56(55)58)62(45(4)41-47-26-14-13-23-44(47)3)40-39-60-53(6-2)57-37-19-20-38-59(57)61(60,50-29-9-7-10-30-50)51-31-11-8-12-32-51/h5-40,42-43,47H,1-4,41H2/b25-22+,40-39+,52-33+/i1D,5D,22D,33D/b5-1?,25-22+,40-39+,52-33+. The smallest absolute Gasteiger partial charge is 0.0714 e. The molecule has 1 heteroatoms. The molecule has 0 bridgehead atoms. The van der Waals surface area contributed by atoms with Crippen LogP contribution in [-0.4, -0.2) is 4.90 Å². The fourth-order valence-electron chi connectivity index (χ4n) is 9.24. The summed E-state index contributed by atoms with van der Waals surface area (Å²) in [5.74, 6) is -0.0886. The van der Waals surface area contributed by atoms with Gasteiger partial charge in [-0.2, -0.15) is 0 Å². The largest absolute Gasteiger partial charge is 0.321 e. The van der Waals surface area contributed by atoms with Crippen molar-refractivity contribution < 1.29 is 5.48 Å². The van der Waals surface area contributed by atoms with Gasteiger partial charge in [-0.3, -0.25) is 0 Å². The molecule has 0 saturated heterocycles. The van der Waals surface area contributed by atoms with Gasteiger partial charge in [0.25, 0.3) is 0 Å². The Hall–Kier alpha value is -7.74. The molecule has 0 aromatic heterocycles. The van der Waals surface area contributed by atoms with Crippen LogP contribution in [0.5, 0.6) is 0 Å². The molecule has 0 aliphatic heterocycles. The number of hydrogen-bond donors (Lipinski definition) is 0. The van der Waals surface area contributed by atoms with Crippen LogP contribution in [0.4, 0.5) is 0 Å². The van der Waals surface area contributed by atoms with E-state index >= 15 is 0 Å². The van der Waals surface area contributed by atoms with Crippen molar-refractivity contribution in [3.05, 3.63) is 301 Å². The third-order valence-electron chi connectivity index (χ3n) is 12.1. The van der Waals surface area contributed by atoms with Crippen LogP contribution in [0.2, 0.25) is 0 Å². The van der Waals surface area contributed by atoms with E-state index in [-0.39, 0.29) is 29.8 Å². The highest BCUT2D eigenvalue weighted by Gasteiger charge is 2.46. The molecule has 1 atom stereocenters. The summed E-state index contributed by atoms with van der Waals surface area (Å²) in [6.07, 6.45) is 15.9. The van der Waals surface area contributed by atoms with Crippen LogP contribution in [0, 0.1) is 5.92 Å². The Bertz CT molecular complexity index is 3230. The highest BCUT2D eigenvalue weighted by atomic mass is 15.1. The van der Waals surface area contributed by atoms with Gasteiger partial charge in [0.15, 0.2) is 0 Å². The van der Waals surface area contributed by atoms with Crippen molar-refractivity contribution in [1.29, 1.82) is 0 Å². The molecule has 1 nitrogen and oxygen atoms in total. The zero-order valence-electron chi connectivity index (χ0n) is 38.6. The maximum absolute atomic E-state index is 9.73. The molecule has 0 fully saturated rings. The highest BCUT2D eigenvalue weighted by molar-refractivity contribution is 6.13. The molecule has 1 unspecified atom stereocenters. The van der Waals surface area contributed by atoms with Gasteiger partial charge in [-0.15, -0.1) is 0 Å². The van der Waals surface area contributed by atoms with E-state index in [1.807, 2.05) is 73.0 Å². The summed E-state index contributed by atoms with van der Waals surface area (Å²) in [5.41, 5.74) is 9.78. The molecular formula is C61H49N. The van der Waals surface area contributed by atoms with Crippen molar-refractivity contribution >= 4 is 33.2 Å². The zero-order valence-corrected chi connectivity index (χ0v) is 34.6. The Morgan fingerprint density at radius 1 is 0.710 bits per heavy atom. The van der Waals surface area contributed by atoms with E-state index in [2.05, 4.69) is 153 Å². The van der Waals surface area contributed by atoms with E-state index in [0.717, 1.165) is 78.4 Å². The van der Waals surface area contributed by atoms with E-state index < -0.39 is 5.41 Å². The van der Waals surface area contributed by atoms with Crippen LogP contribution < -0.4 is 0 Å². The predicted octanol–water partition coefficient (Wildman–Crippen LogP) is 15.7. The van der Waals surface area contributed by atoms with Crippen molar-refractivity contribution in [3.63, 3.8) is 0 Å². The molecule has 0 heterocycles. The summed E-state index contributed by atoms with van der Waals surface area (Å²) in [6, 6.07) is 55.8. The Morgan fingerprint density at radius 2 is 1.40 bits per heavy atom. The lowest BCUT2D eigenvalue weighted by molar-refractivity contribution is 0.536. The monoisotopic (exact) mass is 799 g/mol. The van der Waals surface area contributed by atoms with Gasteiger partial charge < -0.3 is 4.90 Å². The summed E-state index contributed by atoms with van der Waals surface area (Å²) in [7, 11) is 0. The summed E-state index contributed by atoms with van der Waals surface area (Å²) in [4.78, 5) is 1.73. The van der Waals surface area contributed by atoms with Crippen LogP contribution >= 0.6 is 0 Å². The molecule has 298 valence electrons. The molecule has 0 spiro atoms. The van der Waals surface area contributed by atoms with Crippen LogP contribution in [0.15, 0.2) is 273 Å². The maximum atomic E-state index is 9.73. The molecular weight excluding hydrogens is 747 g/mol. The van der Waals surface area contributed by atoms with Crippen molar-refractivity contribution in [2.24, 2.45) is 5.92 Å².